The Balaban J connectivity index is 0.00000264. The number of aryl methyl sites for hydroxylation is 1. The summed E-state index contributed by atoms with van der Waals surface area (Å²) >= 11 is 0. The predicted octanol–water partition coefficient (Wildman–Crippen LogP) is 3.20. The van der Waals surface area contributed by atoms with Gasteiger partial charge < -0.3 is 15.8 Å². The van der Waals surface area contributed by atoms with Crippen molar-refractivity contribution < 1.29 is 9.53 Å². The quantitative estimate of drug-likeness (QED) is 0.835. The number of benzene rings is 1. The highest BCUT2D eigenvalue weighted by Gasteiger charge is 2.31. The second-order valence-corrected chi connectivity index (χ2v) is 6.53. The molecule has 130 valence electrons. The summed E-state index contributed by atoms with van der Waals surface area (Å²) < 4.78 is 5.85. The smallest absolute Gasteiger partial charge is 0.223 e. The van der Waals surface area contributed by atoms with Gasteiger partial charge >= 0.3 is 0 Å². The van der Waals surface area contributed by atoms with Crippen molar-refractivity contribution in [2.24, 2.45) is 17.6 Å². The van der Waals surface area contributed by atoms with Gasteiger partial charge in [0.1, 0.15) is 5.75 Å². The maximum atomic E-state index is 12.4. The van der Waals surface area contributed by atoms with Gasteiger partial charge in [-0.15, -0.1) is 12.4 Å². The molecular weight excluding hydrogens is 312 g/mol. The molecule has 0 spiro atoms. The van der Waals surface area contributed by atoms with Crippen LogP contribution in [0.2, 0.25) is 0 Å². The third kappa shape index (κ3) is 5.40. The van der Waals surface area contributed by atoms with Crippen LogP contribution < -0.4 is 15.8 Å². The zero-order valence-electron chi connectivity index (χ0n) is 14.3. The zero-order valence-corrected chi connectivity index (χ0v) is 15.1. The van der Waals surface area contributed by atoms with Crippen molar-refractivity contribution in [2.75, 3.05) is 6.54 Å². The van der Waals surface area contributed by atoms with E-state index < -0.39 is 0 Å². The van der Waals surface area contributed by atoms with Crippen molar-refractivity contribution in [3.63, 3.8) is 0 Å². The number of nitrogens with one attached hydrogen (secondary N) is 1. The molecule has 1 saturated carbocycles. The molecule has 2 atom stereocenters. The van der Waals surface area contributed by atoms with Crippen LogP contribution in [0.4, 0.5) is 0 Å². The molecule has 0 radical (unpaired) electrons. The summed E-state index contributed by atoms with van der Waals surface area (Å²) in [6.07, 6.45) is 3.25. The third-order valence-electron chi connectivity index (χ3n) is 4.34. The maximum absolute atomic E-state index is 12.4. The first-order chi connectivity index (χ1) is 10.5. The Hall–Kier alpha value is -1.26. The molecule has 0 aromatic heterocycles. The number of carbonyl (C=O) groups is 1. The summed E-state index contributed by atoms with van der Waals surface area (Å²) in [5.41, 5.74) is 7.95. The van der Waals surface area contributed by atoms with Gasteiger partial charge in [-0.3, -0.25) is 4.79 Å². The fourth-order valence-corrected chi connectivity index (χ4v) is 3.15. The van der Waals surface area contributed by atoms with Crippen molar-refractivity contribution in [3.05, 3.63) is 29.3 Å². The van der Waals surface area contributed by atoms with E-state index in [1.165, 1.54) is 0 Å². The first kappa shape index (κ1) is 19.8. The number of carbonyl (C=O) groups excluding carboxylic acids is 1. The molecule has 0 saturated heterocycles. The molecule has 0 aliphatic heterocycles. The Bertz CT molecular complexity index is 520. The Kier molecular flexibility index (Phi) is 7.86. The average molecular weight is 341 g/mol. The minimum Gasteiger partial charge on any atom is -0.491 e. The first-order valence-electron chi connectivity index (χ1n) is 8.25. The van der Waals surface area contributed by atoms with Gasteiger partial charge in [-0.1, -0.05) is 18.6 Å². The maximum Gasteiger partial charge on any atom is 0.223 e. The average Bonchev–Trinajstić information content (AvgIpc) is 2.94. The van der Waals surface area contributed by atoms with Gasteiger partial charge in [-0.25, -0.2) is 0 Å². The summed E-state index contributed by atoms with van der Waals surface area (Å²) in [5, 5.41) is 3.06. The molecule has 1 fully saturated rings. The molecule has 1 aromatic carbocycles. The molecule has 3 N–H and O–H groups in total. The van der Waals surface area contributed by atoms with E-state index in [4.69, 9.17) is 10.5 Å². The lowest BCUT2D eigenvalue weighted by atomic mass is 9.95. The van der Waals surface area contributed by atoms with E-state index in [2.05, 4.69) is 5.32 Å². The van der Waals surface area contributed by atoms with E-state index in [-0.39, 0.29) is 30.3 Å². The van der Waals surface area contributed by atoms with Crippen molar-refractivity contribution in [1.82, 2.24) is 5.32 Å². The van der Waals surface area contributed by atoms with Crippen LogP contribution in [0.3, 0.4) is 0 Å². The highest BCUT2D eigenvalue weighted by atomic mass is 35.5. The summed E-state index contributed by atoms with van der Waals surface area (Å²) in [5.74, 6) is 1.40. The van der Waals surface area contributed by atoms with Crippen LogP contribution in [0.15, 0.2) is 18.2 Å². The van der Waals surface area contributed by atoms with Gasteiger partial charge in [-0.2, -0.15) is 0 Å². The lowest BCUT2D eigenvalue weighted by Crippen LogP contribution is -2.34. The van der Waals surface area contributed by atoms with Crippen LogP contribution in [0.5, 0.6) is 5.75 Å². The number of amides is 1. The Morgan fingerprint density at radius 2 is 2.13 bits per heavy atom. The van der Waals surface area contributed by atoms with Gasteiger partial charge in [0.25, 0.3) is 0 Å². The number of hydrogen-bond acceptors (Lipinski definition) is 3. The Morgan fingerprint density at radius 1 is 1.39 bits per heavy atom. The molecule has 0 heterocycles. The molecule has 0 unspecified atom stereocenters. The van der Waals surface area contributed by atoms with Crippen LogP contribution in [-0.2, 0) is 11.3 Å². The fourth-order valence-electron chi connectivity index (χ4n) is 3.15. The molecule has 1 amide bonds. The predicted molar refractivity (Wildman–Crippen MR) is 95.9 cm³/mol. The minimum absolute atomic E-state index is 0. The number of halogens is 1. The lowest BCUT2D eigenvalue weighted by molar-refractivity contribution is -0.126. The molecule has 1 aromatic rings. The van der Waals surface area contributed by atoms with Crippen LogP contribution in [-0.4, -0.2) is 18.6 Å². The fraction of sp³-hybridized carbons (Fsp3) is 0.611. The minimum atomic E-state index is 0. The van der Waals surface area contributed by atoms with Crippen molar-refractivity contribution >= 4 is 18.3 Å². The summed E-state index contributed by atoms with van der Waals surface area (Å²) in [6.45, 7) is 7.17. The van der Waals surface area contributed by atoms with Crippen LogP contribution in [0.1, 0.15) is 44.2 Å². The van der Waals surface area contributed by atoms with E-state index in [0.29, 0.717) is 19.0 Å². The molecule has 1 aliphatic rings. The summed E-state index contributed by atoms with van der Waals surface area (Å²) in [7, 11) is 0. The summed E-state index contributed by atoms with van der Waals surface area (Å²) in [6, 6.07) is 6.11. The van der Waals surface area contributed by atoms with Gasteiger partial charge in [0, 0.05) is 18.0 Å². The van der Waals surface area contributed by atoms with E-state index >= 15 is 0 Å². The summed E-state index contributed by atoms with van der Waals surface area (Å²) in [4.78, 5) is 12.4. The molecular formula is C18H29ClN2O2. The normalized spacial score (nSPS) is 20.2. The van der Waals surface area contributed by atoms with E-state index in [1.807, 2.05) is 39.0 Å². The third-order valence-corrected chi connectivity index (χ3v) is 4.34. The van der Waals surface area contributed by atoms with Gasteiger partial charge in [0.15, 0.2) is 0 Å². The largest absolute Gasteiger partial charge is 0.491 e. The van der Waals surface area contributed by atoms with Gasteiger partial charge in [-0.05, 0) is 57.7 Å². The number of hydrogen-bond donors (Lipinski definition) is 2. The van der Waals surface area contributed by atoms with Crippen molar-refractivity contribution in [2.45, 2.75) is 52.7 Å². The SMILES string of the molecule is Cc1ccc(CNC(=O)[C@@H]2CCC[C@@H]2CN)c(OC(C)C)c1.Cl. The van der Waals surface area contributed by atoms with Crippen molar-refractivity contribution in [3.8, 4) is 5.75 Å². The molecule has 5 heteroatoms. The van der Waals surface area contributed by atoms with Gasteiger partial charge in [0.2, 0.25) is 5.91 Å². The molecule has 4 nitrogen and oxygen atoms in total. The highest BCUT2D eigenvalue weighted by molar-refractivity contribution is 5.85. The molecule has 0 bridgehead atoms. The van der Waals surface area contributed by atoms with Crippen LogP contribution >= 0.6 is 12.4 Å². The topological polar surface area (TPSA) is 64.4 Å². The first-order valence-corrected chi connectivity index (χ1v) is 8.25. The lowest BCUT2D eigenvalue weighted by Gasteiger charge is -2.19. The molecule has 1 aliphatic carbocycles. The molecule has 2 rings (SSSR count). The monoisotopic (exact) mass is 340 g/mol. The Morgan fingerprint density at radius 3 is 2.78 bits per heavy atom. The van der Waals surface area contributed by atoms with Gasteiger partial charge in [0.05, 0.1) is 6.10 Å². The van der Waals surface area contributed by atoms with E-state index in [9.17, 15) is 4.79 Å². The van der Waals surface area contributed by atoms with Crippen LogP contribution in [0.25, 0.3) is 0 Å². The second kappa shape index (κ2) is 9.14. The van der Waals surface area contributed by atoms with E-state index in [0.717, 1.165) is 36.1 Å². The number of nitrogens with two attached hydrogens (primary N) is 1. The second-order valence-electron chi connectivity index (χ2n) is 6.53. The van der Waals surface area contributed by atoms with Crippen molar-refractivity contribution in [1.29, 1.82) is 0 Å². The molecule has 23 heavy (non-hydrogen) atoms. The highest BCUT2D eigenvalue weighted by Crippen LogP contribution is 2.31. The number of ether oxygens (including phenoxy) is 1. The number of rotatable bonds is 6. The zero-order chi connectivity index (χ0) is 16.1. The van der Waals surface area contributed by atoms with Crippen LogP contribution in [0, 0.1) is 18.8 Å². The standard InChI is InChI=1S/C18H28N2O2.ClH/c1-12(2)22-17-9-13(3)7-8-15(17)11-20-18(21)16-6-4-5-14(16)10-19;/h7-9,12,14,16H,4-6,10-11,19H2,1-3H3,(H,20,21);1H/t14-,16-;/m1./s1. The van der Waals surface area contributed by atoms with E-state index in [1.54, 1.807) is 0 Å². The Labute approximate surface area is 145 Å².